The molecule has 0 spiro atoms. The van der Waals surface area contributed by atoms with Crippen molar-refractivity contribution in [1.82, 2.24) is 9.80 Å². The molecule has 1 amide bonds. The van der Waals surface area contributed by atoms with E-state index in [9.17, 15) is 4.79 Å². The van der Waals surface area contributed by atoms with Crippen molar-refractivity contribution in [2.45, 2.75) is 13.3 Å². The smallest absolute Gasteiger partial charge is 0.224 e. The number of benzene rings is 1. The van der Waals surface area contributed by atoms with Gasteiger partial charge in [-0.15, -0.1) is 0 Å². The third kappa shape index (κ3) is 4.12. The van der Waals surface area contributed by atoms with E-state index in [0.29, 0.717) is 18.0 Å². The van der Waals surface area contributed by atoms with Crippen LogP contribution >= 0.6 is 11.6 Å². The van der Waals surface area contributed by atoms with Crippen molar-refractivity contribution >= 4 is 23.2 Å². The minimum atomic E-state index is 0.227. The first-order valence-corrected chi connectivity index (χ1v) is 7.40. The summed E-state index contributed by atoms with van der Waals surface area (Å²) in [5.74, 6) is 0.227. The molecule has 0 unspecified atom stereocenters. The van der Waals surface area contributed by atoms with E-state index in [2.05, 4.69) is 17.3 Å². The molecular formula is C15H22ClN3O. The minimum Gasteiger partial charge on any atom is -0.384 e. The topological polar surface area (TPSA) is 35.6 Å². The second kappa shape index (κ2) is 6.95. The van der Waals surface area contributed by atoms with Crippen LogP contribution in [0.4, 0.5) is 5.69 Å². The molecule has 1 aliphatic rings. The summed E-state index contributed by atoms with van der Waals surface area (Å²) in [6, 6.07) is 5.75. The Morgan fingerprint density at radius 1 is 1.30 bits per heavy atom. The molecule has 1 N–H and O–H groups in total. The Kier molecular flexibility index (Phi) is 5.26. The number of carbonyl (C=O) groups is 1. The zero-order valence-electron chi connectivity index (χ0n) is 12.2. The predicted octanol–water partition coefficient (Wildman–Crippen LogP) is 2.22. The summed E-state index contributed by atoms with van der Waals surface area (Å²) in [4.78, 5) is 16.3. The summed E-state index contributed by atoms with van der Waals surface area (Å²) in [5.41, 5.74) is 2.14. The Labute approximate surface area is 125 Å². The van der Waals surface area contributed by atoms with Gasteiger partial charge in [-0.3, -0.25) is 4.79 Å². The second-order valence-electron chi connectivity index (χ2n) is 5.32. The van der Waals surface area contributed by atoms with E-state index in [0.717, 1.165) is 37.4 Å². The fourth-order valence-electron chi connectivity index (χ4n) is 2.30. The lowest BCUT2D eigenvalue weighted by atomic mass is 10.2. The fraction of sp³-hybridized carbons (Fsp3) is 0.533. The predicted molar refractivity (Wildman–Crippen MR) is 83.4 cm³/mol. The lowest BCUT2D eigenvalue weighted by Gasteiger charge is -2.32. The number of nitrogens with zero attached hydrogens (tertiary/aromatic N) is 2. The number of piperazine rings is 1. The number of hydrogen-bond donors (Lipinski definition) is 1. The van der Waals surface area contributed by atoms with Crippen LogP contribution in [0.3, 0.4) is 0 Å². The highest BCUT2D eigenvalue weighted by atomic mass is 35.5. The van der Waals surface area contributed by atoms with Gasteiger partial charge in [-0.05, 0) is 31.7 Å². The van der Waals surface area contributed by atoms with Gasteiger partial charge in [0.25, 0.3) is 0 Å². The van der Waals surface area contributed by atoms with E-state index < -0.39 is 0 Å². The lowest BCUT2D eigenvalue weighted by molar-refractivity contribution is -0.132. The van der Waals surface area contributed by atoms with Gasteiger partial charge in [-0.25, -0.2) is 0 Å². The number of nitrogens with one attached hydrogen (secondary N) is 1. The minimum absolute atomic E-state index is 0.227. The molecule has 5 heteroatoms. The van der Waals surface area contributed by atoms with E-state index in [-0.39, 0.29) is 5.91 Å². The van der Waals surface area contributed by atoms with Crippen molar-refractivity contribution in [3.63, 3.8) is 0 Å². The Balaban J connectivity index is 1.78. The third-order valence-electron chi connectivity index (χ3n) is 3.71. The van der Waals surface area contributed by atoms with Crippen molar-refractivity contribution in [1.29, 1.82) is 0 Å². The molecule has 1 aromatic rings. The number of anilines is 1. The average Bonchev–Trinajstić information content (AvgIpc) is 2.43. The van der Waals surface area contributed by atoms with Gasteiger partial charge in [0.05, 0.1) is 0 Å². The Bertz CT molecular complexity index is 470. The van der Waals surface area contributed by atoms with Crippen molar-refractivity contribution in [2.75, 3.05) is 45.1 Å². The molecule has 20 heavy (non-hydrogen) atoms. The maximum Gasteiger partial charge on any atom is 0.224 e. The zero-order valence-corrected chi connectivity index (χ0v) is 12.9. The zero-order chi connectivity index (χ0) is 14.5. The first kappa shape index (κ1) is 15.1. The van der Waals surface area contributed by atoms with Crippen LogP contribution in [0.2, 0.25) is 5.02 Å². The molecule has 4 nitrogen and oxygen atoms in total. The molecule has 1 fully saturated rings. The fourth-order valence-corrected chi connectivity index (χ4v) is 2.47. The van der Waals surface area contributed by atoms with Crippen molar-refractivity contribution in [2.24, 2.45) is 0 Å². The van der Waals surface area contributed by atoms with Crippen LogP contribution in [0.5, 0.6) is 0 Å². The summed E-state index contributed by atoms with van der Waals surface area (Å²) in [6.07, 6.45) is 0.523. The first-order chi connectivity index (χ1) is 9.56. The van der Waals surface area contributed by atoms with E-state index >= 15 is 0 Å². The van der Waals surface area contributed by atoms with E-state index in [1.54, 1.807) is 0 Å². The largest absolute Gasteiger partial charge is 0.384 e. The Morgan fingerprint density at radius 3 is 2.70 bits per heavy atom. The molecule has 1 aromatic carbocycles. The Morgan fingerprint density at radius 2 is 2.00 bits per heavy atom. The number of likely N-dealkylation sites (N-methyl/N-ethyl adjacent to an activating group) is 1. The summed E-state index contributed by atoms with van der Waals surface area (Å²) in [7, 11) is 2.09. The molecule has 1 heterocycles. The standard InChI is InChI=1S/C15H22ClN3O/c1-12-3-4-13(16)11-14(12)17-6-5-15(20)19-9-7-18(2)8-10-19/h3-4,11,17H,5-10H2,1-2H3. The van der Waals surface area contributed by atoms with Gasteiger partial charge in [0.1, 0.15) is 0 Å². The molecule has 0 saturated carbocycles. The normalized spacial score (nSPS) is 16.2. The number of carbonyl (C=O) groups excluding carboxylic acids is 1. The van der Waals surface area contributed by atoms with Crippen molar-refractivity contribution in [3.05, 3.63) is 28.8 Å². The molecule has 1 saturated heterocycles. The molecule has 110 valence electrons. The van der Waals surface area contributed by atoms with Crippen LogP contribution in [-0.2, 0) is 4.79 Å². The van der Waals surface area contributed by atoms with Crippen molar-refractivity contribution in [3.8, 4) is 0 Å². The van der Waals surface area contributed by atoms with Gasteiger partial charge < -0.3 is 15.1 Å². The van der Waals surface area contributed by atoms with Crippen LogP contribution in [0.25, 0.3) is 0 Å². The average molecular weight is 296 g/mol. The summed E-state index contributed by atoms with van der Waals surface area (Å²) in [6.45, 7) is 6.28. The van der Waals surface area contributed by atoms with Gasteiger partial charge in [0.2, 0.25) is 5.91 Å². The van der Waals surface area contributed by atoms with Crippen LogP contribution < -0.4 is 5.32 Å². The summed E-state index contributed by atoms with van der Waals surface area (Å²) < 4.78 is 0. The molecule has 0 aliphatic carbocycles. The highest BCUT2D eigenvalue weighted by Crippen LogP contribution is 2.20. The summed E-state index contributed by atoms with van der Waals surface area (Å²) >= 11 is 5.97. The number of halogens is 1. The maximum absolute atomic E-state index is 12.1. The van der Waals surface area contributed by atoms with Gasteiger partial charge in [0.15, 0.2) is 0 Å². The molecule has 2 rings (SSSR count). The highest BCUT2D eigenvalue weighted by molar-refractivity contribution is 6.30. The maximum atomic E-state index is 12.1. The van der Waals surface area contributed by atoms with Crippen LogP contribution in [0.15, 0.2) is 18.2 Å². The molecule has 0 atom stereocenters. The Hall–Kier alpha value is -1.26. The first-order valence-electron chi connectivity index (χ1n) is 7.02. The molecule has 0 radical (unpaired) electrons. The molecule has 1 aliphatic heterocycles. The van der Waals surface area contributed by atoms with Gasteiger partial charge >= 0.3 is 0 Å². The van der Waals surface area contributed by atoms with Crippen LogP contribution in [-0.4, -0.2) is 55.5 Å². The third-order valence-corrected chi connectivity index (χ3v) is 3.95. The highest BCUT2D eigenvalue weighted by Gasteiger charge is 2.18. The van der Waals surface area contributed by atoms with E-state index in [4.69, 9.17) is 11.6 Å². The van der Waals surface area contributed by atoms with Gasteiger partial charge in [-0.2, -0.15) is 0 Å². The summed E-state index contributed by atoms with van der Waals surface area (Å²) in [5, 5.41) is 4.00. The van der Waals surface area contributed by atoms with E-state index in [1.165, 1.54) is 0 Å². The monoisotopic (exact) mass is 295 g/mol. The number of amides is 1. The number of rotatable bonds is 4. The SMILES string of the molecule is Cc1ccc(Cl)cc1NCCC(=O)N1CCN(C)CC1. The van der Waals surface area contributed by atoms with Crippen molar-refractivity contribution < 1.29 is 4.79 Å². The van der Waals surface area contributed by atoms with E-state index in [1.807, 2.05) is 30.0 Å². The second-order valence-corrected chi connectivity index (χ2v) is 5.76. The quantitative estimate of drug-likeness (QED) is 0.925. The number of hydrogen-bond acceptors (Lipinski definition) is 3. The lowest BCUT2D eigenvalue weighted by Crippen LogP contribution is -2.47. The van der Waals surface area contributed by atoms with Gasteiger partial charge in [-0.1, -0.05) is 17.7 Å². The molecule has 0 bridgehead atoms. The number of aryl methyl sites for hydroxylation is 1. The molecular weight excluding hydrogens is 274 g/mol. The van der Waals surface area contributed by atoms with Crippen LogP contribution in [0.1, 0.15) is 12.0 Å². The molecule has 0 aromatic heterocycles. The van der Waals surface area contributed by atoms with Crippen LogP contribution in [0, 0.1) is 6.92 Å². The van der Waals surface area contributed by atoms with Gasteiger partial charge in [0, 0.05) is 49.9 Å².